The third-order valence-corrected chi connectivity index (χ3v) is 5.32. The standard InChI is InChI=1S/C15H31N3/c1-12-8-14(3,4)10-15(12,11-16)18-7-6-17(5)9-13(18)2/h12-13H,6-11,16H2,1-5H3. The van der Waals surface area contributed by atoms with Crippen LogP contribution in [-0.2, 0) is 0 Å². The van der Waals surface area contributed by atoms with Crippen molar-refractivity contribution in [2.75, 3.05) is 33.2 Å². The maximum Gasteiger partial charge on any atom is 0.0366 e. The van der Waals surface area contributed by atoms with E-state index >= 15 is 0 Å². The van der Waals surface area contributed by atoms with Crippen molar-refractivity contribution in [1.82, 2.24) is 9.80 Å². The highest BCUT2D eigenvalue weighted by Gasteiger charge is 2.52. The number of piperazine rings is 1. The van der Waals surface area contributed by atoms with Gasteiger partial charge in [-0.2, -0.15) is 0 Å². The van der Waals surface area contributed by atoms with E-state index < -0.39 is 0 Å². The fourth-order valence-corrected chi connectivity index (χ4v) is 4.67. The van der Waals surface area contributed by atoms with Crippen LogP contribution in [0.2, 0.25) is 0 Å². The minimum absolute atomic E-state index is 0.240. The molecule has 0 aromatic heterocycles. The fourth-order valence-electron chi connectivity index (χ4n) is 4.67. The van der Waals surface area contributed by atoms with E-state index in [1.54, 1.807) is 0 Å². The van der Waals surface area contributed by atoms with Gasteiger partial charge in [-0.3, -0.25) is 4.90 Å². The summed E-state index contributed by atoms with van der Waals surface area (Å²) in [5.41, 5.74) is 6.94. The highest BCUT2D eigenvalue weighted by atomic mass is 15.3. The smallest absolute Gasteiger partial charge is 0.0366 e. The second-order valence-corrected chi connectivity index (χ2v) is 7.56. The number of likely N-dealkylation sites (N-methyl/N-ethyl adjacent to an activating group) is 1. The third kappa shape index (κ3) is 2.33. The van der Waals surface area contributed by atoms with Crippen LogP contribution in [0.4, 0.5) is 0 Å². The van der Waals surface area contributed by atoms with Crippen LogP contribution in [0, 0.1) is 11.3 Å². The zero-order chi connectivity index (χ0) is 13.6. The number of nitrogens with two attached hydrogens (primary N) is 1. The molecule has 106 valence electrons. The van der Waals surface area contributed by atoms with E-state index in [4.69, 9.17) is 5.73 Å². The first kappa shape index (κ1) is 14.3. The van der Waals surface area contributed by atoms with Crippen molar-refractivity contribution in [3.8, 4) is 0 Å². The number of hydrogen-bond acceptors (Lipinski definition) is 3. The van der Waals surface area contributed by atoms with Crippen molar-refractivity contribution in [2.24, 2.45) is 17.1 Å². The molecule has 0 spiro atoms. The monoisotopic (exact) mass is 253 g/mol. The van der Waals surface area contributed by atoms with Gasteiger partial charge in [-0.25, -0.2) is 0 Å². The molecule has 1 saturated carbocycles. The SMILES string of the molecule is CC1CN(C)CCN1C1(CN)CC(C)(C)CC1C. The zero-order valence-corrected chi connectivity index (χ0v) is 12.9. The van der Waals surface area contributed by atoms with Crippen molar-refractivity contribution in [3.63, 3.8) is 0 Å². The summed E-state index contributed by atoms with van der Waals surface area (Å²) in [5, 5.41) is 0. The first-order chi connectivity index (χ1) is 8.31. The molecule has 1 saturated heterocycles. The largest absolute Gasteiger partial charge is 0.329 e. The average Bonchev–Trinajstić information content (AvgIpc) is 2.49. The molecule has 0 amide bonds. The Balaban J connectivity index is 2.22. The van der Waals surface area contributed by atoms with Crippen LogP contribution in [0.5, 0.6) is 0 Å². The fraction of sp³-hybridized carbons (Fsp3) is 1.00. The van der Waals surface area contributed by atoms with Crippen LogP contribution in [0.1, 0.15) is 40.5 Å². The Labute approximate surface area is 113 Å². The molecule has 0 aromatic rings. The first-order valence-corrected chi connectivity index (χ1v) is 7.46. The second kappa shape index (κ2) is 4.77. The molecule has 18 heavy (non-hydrogen) atoms. The second-order valence-electron chi connectivity index (χ2n) is 7.56. The molecule has 3 unspecified atom stereocenters. The summed E-state index contributed by atoms with van der Waals surface area (Å²) in [5.74, 6) is 0.711. The van der Waals surface area contributed by atoms with Crippen LogP contribution >= 0.6 is 0 Å². The van der Waals surface area contributed by atoms with E-state index in [1.165, 1.54) is 32.5 Å². The van der Waals surface area contributed by atoms with Crippen LogP contribution < -0.4 is 5.73 Å². The molecule has 2 aliphatic rings. The number of hydrogen-bond donors (Lipinski definition) is 1. The molecule has 1 aliphatic heterocycles. The molecule has 1 aliphatic carbocycles. The Hall–Kier alpha value is -0.120. The van der Waals surface area contributed by atoms with E-state index in [0.29, 0.717) is 17.4 Å². The van der Waals surface area contributed by atoms with Gasteiger partial charge in [-0.05, 0) is 38.1 Å². The van der Waals surface area contributed by atoms with E-state index in [-0.39, 0.29) is 5.54 Å². The van der Waals surface area contributed by atoms with Gasteiger partial charge in [0.25, 0.3) is 0 Å². The highest BCUT2D eigenvalue weighted by Crippen LogP contribution is 2.50. The molecule has 0 aromatic carbocycles. The molecular formula is C15H31N3. The van der Waals surface area contributed by atoms with Crippen LogP contribution in [0.3, 0.4) is 0 Å². The first-order valence-electron chi connectivity index (χ1n) is 7.46. The van der Waals surface area contributed by atoms with Gasteiger partial charge >= 0.3 is 0 Å². The molecule has 1 heterocycles. The molecule has 0 bridgehead atoms. The Bertz CT molecular complexity index is 302. The number of rotatable bonds is 2. The van der Waals surface area contributed by atoms with Crippen molar-refractivity contribution >= 4 is 0 Å². The average molecular weight is 253 g/mol. The van der Waals surface area contributed by atoms with Crippen LogP contribution in [0.15, 0.2) is 0 Å². The summed E-state index contributed by atoms with van der Waals surface area (Å²) < 4.78 is 0. The van der Waals surface area contributed by atoms with Crippen molar-refractivity contribution in [1.29, 1.82) is 0 Å². The maximum absolute atomic E-state index is 6.25. The summed E-state index contributed by atoms with van der Waals surface area (Å²) in [7, 11) is 2.23. The van der Waals surface area contributed by atoms with Crippen LogP contribution in [-0.4, -0.2) is 54.6 Å². The molecule has 2 N–H and O–H groups in total. The molecule has 3 heteroatoms. The predicted octanol–water partition coefficient (Wildman–Crippen LogP) is 1.78. The Morgan fingerprint density at radius 1 is 1.22 bits per heavy atom. The van der Waals surface area contributed by atoms with E-state index in [2.05, 4.69) is 44.5 Å². The molecule has 3 nitrogen and oxygen atoms in total. The third-order valence-electron chi connectivity index (χ3n) is 5.32. The summed E-state index contributed by atoms with van der Waals surface area (Å²) >= 11 is 0. The van der Waals surface area contributed by atoms with Crippen LogP contribution in [0.25, 0.3) is 0 Å². The predicted molar refractivity (Wildman–Crippen MR) is 77.6 cm³/mol. The lowest BCUT2D eigenvalue weighted by Crippen LogP contribution is -2.64. The molecular weight excluding hydrogens is 222 g/mol. The number of nitrogens with zero attached hydrogens (tertiary/aromatic N) is 2. The summed E-state index contributed by atoms with van der Waals surface area (Å²) in [4.78, 5) is 5.17. The zero-order valence-electron chi connectivity index (χ0n) is 12.9. The van der Waals surface area contributed by atoms with Gasteiger partial charge in [0.1, 0.15) is 0 Å². The van der Waals surface area contributed by atoms with Gasteiger partial charge in [0.2, 0.25) is 0 Å². The van der Waals surface area contributed by atoms with Crippen molar-refractivity contribution in [3.05, 3.63) is 0 Å². The van der Waals surface area contributed by atoms with Crippen molar-refractivity contribution < 1.29 is 0 Å². The highest BCUT2D eigenvalue weighted by molar-refractivity contribution is 5.08. The Morgan fingerprint density at radius 2 is 1.89 bits per heavy atom. The minimum atomic E-state index is 0.240. The van der Waals surface area contributed by atoms with Crippen molar-refractivity contribution in [2.45, 2.75) is 52.1 Å². The molecule has 2 fully saturated rings. The summed E-state index contributed by atoms with van der Waals surface area (Å²) in [6, 6.07) is 0.628. The topological polar surface area (TPSA) is 32.5 Å². The normalized spacial score (nSPS) is 42.3. The van der Waals surface area contributed by atoms with Gasteiger partial charge in [0, 0.05) is 37.8 Å². The minimum Gasteiger partial charge on any atom is -0.329 e. The van der Waals surface area contributed by atoms with Gasteiger partial charge in [0.15, 0.2) is 0 Å². The Morgan fingerprint density at radius 3 is 2.33 bits per heavy atom. The quantitative estimate of drug-likeness (QED) is 0.814. The Kier molecular flexibility index (Phi) is 3.79. The van der Waals surface area contributed by atoms with Gasteiger partial charge in [0.05, 0.1) is 0 Å². The molecule has 2 rings (SSSR count). The summed E-state index contributed by atoms with van der Waals surface area (Å²) in [6.45, 7) is 13.9. The lowest BCUT2D eigenvalue weighted by molar-refractivity contribution is -0.0176. The van der Waals surface area contributed by atoms with Gasteiger partial charge in [-0.15, -0.1) is 0 Å². The molecule has 3 atom stereocenters. The van der Waals surface area contributed by atoms with E-state index in [9.17, 15) is 0 Å². The van der Waals surface area contributed by atoms with E-state index in [1.807, 2.05) is 0 Å². The lowest BCUT2D eigenvalue weighted by Gasteiger charge is -2.51. The van der Waals surface area contributed by atoms with Gasteiger partial charge in [-0.1, -0.05) is 20.8 Å². The van der Waals surface area contributed by atoms with Gasteiger partial charge < -0.3 is 10.6 Å². The summed E-state index contributed by atoms with van der Waals surface area (Å²) in [6.07, 6.45) is 2.56. The molecule has 0 radical (unpaired) electrons. The maximum atomic E-state index is 6.25. The lowest BCUT2D eigenvalue weighted by atomic mass is 9.83. The van der Waals surface area contributed by atoms with E-state index in [0.717, 1.165) is 6.54 Å².